The molecule has 2 aliphatic rings. The molecule has 1 saturated heterocycles. The summed E-state index contributed by atoms with van der Waals surface area (Å²) in [5.74, 6) is 1.12. The SMILES string of the molecule is CSc1cc2c(c(CNC3CCCNC3c3ccccc3)c1)OCC2. The molecule has 3 nitrogen and oxygen atoms in total. The second kappa shape index (κ2) is 7.81. The maximum atomic E-state index is 5.92. The summed E-state index contributed by atoms with van der Waals surface area (Å²) in [5.41, 5.74) is 4.04. The van der Waals surface area contributed by atoms with Crippen LogP contribution in [0.5, 0.6) is 5.75 Å². The highest BCUT2D eigenvalue weighted by Crippen LogP contribution is 2.34. The highest BCUT2D eigenvalue weighted by molar-refractivity contribution is 7.98. The number of fused-ring (bicyclic) bond motifs is 1. The third-order valence-electron chi connectivity index (χ3n) is 5.24. The van der Waals surface area contributed by atoms with E-state index in [0.717, 1.165) is 31.9 Å². The summed E-state index contributed by atoms with van der Waals surface area (Å²) in [7, 11) is 0. The Morgan fingerprint density at radius 2 is 2.12 bits per heavy atom. The molecule has 2 unspecified atom stereocenters. The van der Waals surface area contributed by atoms with Gasteiger partial charge in [-0.15, -0.1) is 11.8 Å². The second-order valence-electron chi connectivity index (χ2n) is 6.85. The number of benzene rings is 2. The van der Waals surface area contributed by atoms with Gasteiger partial charge in [-0.25, -0.2) is 0 Å². The summed E-state index contributed by atoms with van der Waals surface area (Å²) in [6.07, 6.45) is 5.61. The van der Waals surface area contributed by atoms with Crippen LogP contribution >= 0.6 is 11.8 Å². The maximum absolute atomic E-state index is 5.92. The highest BCUT2D eigenvalue weighted by atomic mass is 32.2. The Morgan fingerprint density at radius 3 is 2.96 bits per heavy atom. The van der Waals surface area contributed by atoms with Gasteiger partial charge in [0.2, 0.25) is 0 Å². The molecular formula is C21H26N2OS. The van der Waals surface area contributed by atoms with E-state index in [1.165, 1.54) is 34.4 Å². The van der Waals surface area contributed by atoms with Gasteiger partial charge in [0, 0.05) is 35.5 Å². The van der Waals surface area contributed by atoms with Crippen LogP contribution in [0.2, 0.25) is 0 Å². The van der Waals surface area contributed by atoms with Gasteiger partial charge in [-0.05, 0) is 48.9 Å². The van der Waals surface area contributed by atoms with Gasteiger partial charge < -0.3 is 15.4 Å². The molecule has 0 aromatic heterocycles. The summed E-state index contributed by atoms with van der Waals surface area (Å²) < 4.78 is 5.92. The molecule has 2 N–H and O–H groups in total. The Balaban J connectivity index is 1.51. The van der Waals surface area contributed by atoms with Crippen LogP contribution in [0.25, 0.3) is 0 Å². The van der Waals surface area contributed by atoms with E-state index in [4.69, 9.17) is 4.74 Å². The van der Waals surface area contributed by atoms with Crippen LogP contribution < -0.4 is 15.4 Å². The van der Waals surface area contributed by atoms with Crippen molar-refractivity contribution in [3.63, 3.8) is 0 Å². The molecule has 0 aliphatic carbocycles. The summed E-state index contributed by atoms with van der Waals surface area (Å²) in [4.78, 5) is 1.34. The lowest BCUT2D eigenvalue weighted by molar-refractivity contribution is 0.301. The van der Waals surface area contributed by atoms with E-state index in [9.17, 15) is 0 Å². The maximum Gasteiger partial charge on any atom is 0.127 e. The quantitative estimate of drug-likeness (QED) is 0.797. The Morgan fingerprint density at radius 1 is 1.24 bits per heavy atom. The zero-order chi connectivity index (χ0) is 17.1. The van der Waals surface area contributed by atoms with Crippen molar-refractivity contribution in [2.24, 2.45) is 0 Å². The van der Waals surface area contributed by atoms with Crippen LogP contribution in [0.4, 0.5) is 0 Å². The molecule has 2 heterocycles. The van der Waals surface area contributed by atoms with Gasteiger partial charge in [-0.2, -0.15) is 0 Å². The number of thioether (sulfide) groups is 1. The number of ether oxygens (including phenoxy) is 1. The average molecular weight is 355 g/mol. The van der Waals surface area contributed by atoms with Gasteiger partial charge in [0.05, 0.1) is 6.61 Å². The molecule has 0 spiro atoms. The summed E-state index contributed by atoms with van der Waals surface area (Å²) in [6, 6.07) is 16.2. The molecule has 132 valence electrons. The molecule has 0 radical (unpaired) electrons. The predicted molar refractivity (Wildman–Crippen MR) is 104 cm³/mol. The molecule has 4 rings (SSSR count). The van der Waals surface area contributed by atoms with E-state index in [0.29, 0.717) is 12.1 Å². The molecule has 2 aromatic rings. The monoisotopic (exact) mass is 354 g/mol. The molecular weight excluding hydrogens is 328 g/mol. The minimum absolute atomic E-state index is 0.382. The van der Waals surface area contributed by atoms with Gasteiger partial charge in [0.1, 0.15) is 5.75 Å². The number of nitrogens with one attached hydrogen (secondary N) is 2. The normalized spacial score (nSPS) is 22.4. The van der Waals surface area contributed by atoms with Gasteiger partial charge >= 0.3 is 0 Å². The van der Waals surface area contributed by atoms with Crippen molar-refractivity contribution >= 4 is 11.8 Å². The fourth-order valence-corrected chi connectivity index (χ4v) is 4.49. The van der Waals surface area contributed by atoms with E-state index in [2.05, 4.69) is 59.4 Å². The Kier molecular flexibility index (Phi) is 5.30. The highest BCUT2D eigenvalue weighted by Gasteiger charge is 2.26. The van der Waals surface area contributed by atoms with Crippen LogP contribution in [0, 0.1) is 0 Å². The average Bonchev–Trinajstić information content (AvgIpc) is 3.15. The van der Waals surface area contributed by atoms with Crippen molar-refractivity contribution in [1.82, 2.24) is 10.6 Å². The Labute approximate surface area is 154 Å². The predicted octanol–water partition coefficient (Wildman–Crippen LogP) is 3.93. The first-order valence-electron chi connectivity index (χ1n) is 9.19. The van der Waals surface area contributed by atoms with E-state index in [1.807, 2.05) is 11.8 Å². The third kappa shape index (κ3) is 3.71. The lowest BCUT2D eigenvalue weighted by Crippen LogP contribution is -2.45. The summed E-state index contributed by atoms with van der Waals surface area (Å²) in [6.45, 7) is 2.78. The first-order valence-corrected chi connectivity index (χ1v) is 10.4. The fourth-order valence-electron chi connectivity index (χ4n) is 3.97. The zero-order valence-corrected chi connectivity index (χ0v) is 15.6. The van der Waals surface area contributed by atoms with Crippen molar-refractivity contribution in [1.29, 1.82) is 0 Å². The molecule has 2 aliphatic heterocycles. The Bertz CT molecular complexity index is 719. The lowest BCUT2D eigenvalue weighted by Gasteiger charge is -2.34. The van der Waals surface area contributed by atoms with Gasteiger partial charge in [-0.3, -0.25) is 0 Å². The second-order valence-corrected chi connectivity index (χ2v) is 7.72. The number of hydrogen-bond acceptors (Lipinski definition) is 4. The minimum Gasteiger partial charge on any atom is -0.493 e. The lowest BCUT2D eigenvalue weighted by atomic mass is 9.92. The van der Waals surface area contributed by atoms with Gasteiger partial charge in [0.15, 0.2) is 0 Å². The molecule has 25 heavy (non-hydrogen) atoms. The van der Waals surface area contributed by atoms with E-state index in [1.54, 1.807) is 0 Å². The minimum atomic E-state index is 0.382. The van der Waals surface area contributed by atoms with Crippen molar-refractivity contribution in [2.45, 2.75) is 42.8 Å². The molecule has 4 heteroatoms. The molecule has 0 bridgehead atoms. The van der Waals surface area contributed by atoms with Gasteiger partial charge in [0.25, 0.3) is 0 Å². The molecule has 1 fully saturated rings. The van der Waals surface area contributed by atoms with Crippen LogP contribution in [-0.2, 0) is 13.0 Å². The van der Waals surface area contributed by atoms with Crippen LogP contribution in [0.3, 0.4) is 0 Å². The topological polar surface area (TPSA) is 33.3 Å². The van der Waals surface area contributed by atoms with Gasteiger partial charge in [-0.1, -0.05) is 30.3 Å². The molecule has 2 aromatic carbocycles. The Hall–Kier alpha value is -1.49. The van der Waals surface area contributed by atoms with E-state index in [-0.39, 0.29) is 0 Å². The van der Waals surface area contributed by atoms with Crippen molar-refractivity contribution in [3.05, 3.63) is 59.2 Å². The first kappa shape index (κ1) is 17.0. The summed E-state index contributed by atoms with van der Waals surface area (Å²) in [5, 5.41) is 7.51. The zero-order valence-electron chi connectivity index (χ0n) is 14.8. The molecule has 0 amide bonds. The van der Waals surface area contributed by atoms with Crippen LogP contribution in [-0.4, -0.2) is 25.4 Å². The standard InChI is InChI=1S/C21H26N2OS/c1-25-18-12-16-9-11-24-21(16)17(13-18)14-23-19-8-5-10-22-20(19)15-6-3-2-4-7-15/h2-4,6-7,12-13,19-20,22-23H,5,8-11,14H2,1H3. The fraction of sp³-hybridized carbons (Fsp3) is 0.429. The first-order chi connectivity index (χ1) is 12.3. The van der Waals surface area contributed by atoms with Crippen molar-refractivity contribution in [3.8, 4) is 5.75 Å². The third-order valence-corrected chi connectivity index (χ3v) is 5.95. The summed E-state index contributed by atoms with van der Waals surface area (Å²) >= 11 is 1.81. The smallest absolute Gasteiger partial charge is 0.127 e. The number of rotatable bonds is 5. The van der Waals surface area contributed by atoms with E-state index < -0.39 is 0 Å². The van der Waals surface area contributed by atoms with Crippen molar-refractivity contribution < 1.29 is 4.74 Å². The van der Waals surface area contributed by atoms with E-state index >= 15 is 0 Å². The van der Waals surface area contributed by atoms with Crippen molar-refractivity contribution in [2.75, 3.05) is 19.4 Å². The molecule has 2 atom stereocenters. The number of hydrogen-bond donors (Lipinski definition) is 2. The largest absolute Gasteiger partial charge is 0.493 e. The van der Waals surface area contributed by atoms with Crippen LogP contribution in [0.15, 0.2) is 47.4 Å². The van der Waals surface area contributed by atoms with Crippen LogP contribution in [0.1, 0.15) is 35.6 Å². The number of piperidine rings is 1. The molecule has 0 saturated carbocycles.